The molecular weight excluding hydrogens is 192 g/mol. The number of nitrogens with one attached hydrogen (secondary N) is 1. The highest BCUT2D eigenvalue weighted by atomic mass is 16.3. The average Bonchev–Trinajstić information content (AvgIpc) is 2.26. The van der Waals surface area contributed by atoms with E-state index in [0.29, 0.717) is 12.1 Å². The predicted octanol–water partition coefficient (Wildman–Crippen LogP) is 1.04. The molecule has 0 bridgehead atoms. The van der Waals surface area contributed by atoms with Crippen molar-refractivity contribution >= 4 is 5.69 Å². The first kappa shape index (κ1) is 11.8. The van der Waals surface area contributed by atoms with Gasteiger partial charge in [-0.2, -0.15) is 0 Å². The van der Waals surface area contributed by atoms with Crippen LogP contribution in [0.1, 0.15) is 18.4 Å². The Labute approximate surface area is 89.7 Å². The molecule has 0 aliphatic carbocycles. The van der Waals surface area contributed by atoms with Crippen LogP contribution in [0.25, 0.3) is 0 Å². The van der Waals surface area contributed by atoms with Crippen LogP contribution in [0.2, 0.25) is 0 Å². The zero-order valence-corrected chi connectivity index (χ0v) is 8.74. The molecule has 1 aromatic rings. The van der Waals surface area contributed by atoms with Gasteiger partial charge in [0.25, 0.3) is 0 Å². The Balaban J connectivity index is 2.47. The quantitative estimate of drug-likeness (QED) is 0.418. The van der Waals surface area contributed by atoms with Crippen LogP contribution >= 0.6 is 0 Å². The highest BCUT2D eigenvalue weighted by Gasteiger charge is 2.00. The van der Waals surface area contributed by atoms with Crippen LogP contribution in [-0.2, 0) is 6.61 Å². The number of aromatic hydroxyl groups is 1. The molecular formula is C11H18N2O2. The second-order valence-corrected chi connectivity index (χ2v) is 3.42. The molecule has 0 aliphatic heterocycles. The van der Waals surface area contributed by atoms with Crippen molar-refractivity contribution in [3.63, 3.8) is 0 Å². The zero-order valence-electron chi connectivity index (χ0n) is 8.74. The smallest absolute Gasteiger partial charge is 0.121 e. The number of benzene rings is 1. The maximum absolute atomic E-state index is 9.34. The average molecular weight is 210 g/mol. The number of phenols is 1. The summed E-state index contributed by atoms with van der Waals surface area (Å²) in [5, 5.41) is 21.5. The van der Waals surface area contributed by atoms with E-state index in [1.807, 2.05) is 0 Å². The summed E-state index contributed by atoms with van der Waals surface area (Å²) >= 11 is 0. The van der Waals surface area contributed by atoms with Crippen LogP contribution < -0.4 is 11.1 Å². The Hall–Kier alpha value is -1.26. The summed E-state index contributed by atoms with van der Waals surface area (Å²) in [6.45, 7) is 1.41. The molecule has 0 spiro atoms. The summed E-state index contributed by atoms with van der Waals surface area (Å²) in [5.41, 5.74) is 6.83. The van der Waals surface area contributed by atoms with E-state index in [1.165, 1.54) is 0 Å². The van der Waals surface area contributed by atoms with E-state index < -0.39 is 0 Å². The van der Waals surface area contributed by atoms with E-state index in [0.717, 1.165) is 25.1 Å². The Morgan fingerprint density at radius 2 is 2.07 bits per heavy atom. The Morgan fingerprint density at radius 3 is 2.73 bits per heavy atom. The predicted molar refractivity (Wildman–Crippen MR) is 60.8 cm³/mol. The van der Waals surface area contributed by atoms with E-state index in [4.69, 9.17) is 10.8 Å². The number of aliphatic hydroxyl groups excluding tert-OH is 1. The maximum Gasteiger partial charge on any atom is 0.121 e. The third kappa shape index (κ3) is 3.77. The van der Waals surface area contributed by atoms with Gasteiger partial charge in [0.15, 0.2) is 0 Å². The largest absolute Gasteiger partial charge is 0.508 e. The molecule has 0 aromatic heterocycles. The van der Waals surface area contributed by atoms with Crippen LogP contribution in [0, 0.1) is 0 Å². The fourth-order valence-corrected chi connectivity index (χ4v) is 1.32. The van der Waals surface area contributed by atoms with Gasteiger partial charge in [-0.15, -0.1) is 0 Å². The van der Waals surface area contributed by atoms with Crippen molar-refractivity contribution in [1.82, 2.24) is 0 Å². The summed E-state index contributed by atoms with van der Waals surface area (Å²) in [7, 11) is 0. The first-order chi connectivity index (χ1) is 7.27. The van der Waals surface area contributed by atoms with Crippen molar-refractivity contribution in [3.05, 3.63) is 23.8 Å². The highest BCUT2D eigenvalue weighted by molar-refractivity contribution is 5.50. The molecule has 0 heterocycles. The Morgan fingerprint density at radius 1 is 1.27 bits per heavy atom. The second-order valence-electron chi connectivity index (χ2n) is 3.42. The number of hydrogen-bond acceptors (Lipinski definition) is 4. The molecule has 0 unspecified atom stereocenters. The molecule has 0 saturated carbocycles. The Bertz CT molecular complexity index is 303. The van der Waals surface area contributed by atoms with E-state index in [-0.39, 0.29) is 12.4 Å². The first-order valence-electron chi connectivity index (χ1n) is 5.14. The molecule has 4 nitrogen and oxygen atoms in total. The SMILES string of the molecule is NCCCCNc1ccc(O)c(CO)c1. The topological polar surface area (TPSA) is 78.5 Å². The maximum atomic E-state index is 9.34. The lowest BCUT2D eigenvalue weighted by atomic mass is 10.2. The molecule has 15 heavy (non-hydrogen) atoms. The van der Waals surface area contributed by atoms with Crippen molar-refractivity contribution in [2.45, 2.75) is 19.4 Å². The summed E-state index contributed by atoms with van der Waals surface area (Å²) in [4.78, 5) is 0. The number of hydrogen-bond donors (Lipinski definition) is 4. The summed E-state index contributed by atoms with van der Waals surface area (Å²) in [6.07, 6.45) is 2.02. The fourth-order valence-electron chi connectivity index (χ4n) is 1.32. The van der Waals surface area contributed by atoms with Gasteiger partial charge in [0.2, 0.25) is 0 Å². The molecule has 0 aliphatic rings. The number of anilines is 1. The summed E-state index contributed by atoms with van der Waals surface area (Å²) < 4.78 is 0. The van der Waals surface area contributed by atoms with E-state index in [2.05, 4.69) is 5.32 Å². The molecule has 1 aromatic carbocycles. The minimum absolute atomic E-state index is 0.130. The number of aliphatic hydroxyl groups is 1. The van der Waals surface area contributed by atoms with Gasteiger partial charge in [-0.25, -0.2) is 0 Å². The Kier molecular flexibility index (Phi) is 4.93. The molecule has 0 fully saturated rings. The molecule has 0 saturated heterocycles. The lowest BCUT2D eigenvalue weighted by molar-refractivity contribution is 0.275. The van der Waals surface area contributed by atoms with Gasteiger partial charge in [0.1, 0.15) is 5.75 Å². The van der Waals surface area contributed by atoms with Crippen molar-refractivity contribution in [2.24, 2.45) is 5.73 Å². The minimum atomic E-state index is -0.149. The van der Waals surface area contributed by atoms with Crippen LogP contribution in [0.5, 0.6) is 5.75 Å². The lowest BCUT2D eigenvalue weighted by Crippen LogP contribution is -2.05. The third-order valence-electron chi connectivity index (χ3n) is 2.21. The van der Waals surface area contributed by atoms with Crippen LogP contribution in [-0.4, -0.2) is 23.3 Å². The molecule has 0 radical (unpaired) electrons. The van der Waals surface area contributed by atoms with Gasteiger partial charge in [0, 0.05) is 17.8 Å². The van der Waals surface area contributed by atoms with Gasteiger partial charge in [-0.05, 0) is 37.6 Å². The second kappa shape index (κ2) is 6.27. The fraction of sp³-hybridized carbons (Fsp3) is 0.455. The van der Waals surface area contributed by atoms with Gasteiger partial charge in [-0.1, -0.05) is 0 Å². The van der Waals surface area contributed by atoms with E-state index in [9.17, 15) is 5.11 Å². The van der Waals surface area contributed by atoms with Crippen molar-refractivity contribution in [2.75, 3.05) is 18.4 Å². The monoisotopic (exact) mass is 210 g/mol. The zero-order chi connectivity index (χ0) is 11.1. The molecule has 5 N–H and O–H groups in total. The number of unbranched alkanes of at least 4 members (excludes halogenated alkanes) is 1. The standard InChI is InChI=1S/C11H18N2O2/c12-5-1-2-6-13-10-3-4-11(15)9(7-10)8-14/h3-4,7,13-15H,1-2,5-6,8,12H2. The minimum Gasteiger partial charge on any atom is -0.508 e. The summed E-state index contributed by atoms with van der Waals surface area (Å²) in [6, 6.07) is 5.12. The normalized spacial score (nSPS) is 10.3. The van der Waals surface area contributed by atoms with Crippen LogP contribution in [0.3, 0.4) is 0 Å². The lowest BCUT2D eigenvalue weighted by Gasteiger charge is -2.08. The first-order valence-corrected chi connectivity index (χ1v) is 5.14. The number of rotatable bonds is 6. The molecule has 0 amide bonds. The van der Waals surface area contributed by atoms with E-state index >= 15 is 0 Å². The van der Waals surface area contributed by atoms with Gasteiger partial charge in [0.05, 0.1) is 6.61 Å². The van der Waals surface area contributed by atoms with Crippen molar-refractivity contribution in [1.29, 1.82) is 0 Å². The van der Waals surface area contributed by atoms with Gasteiger partial charge < -0.3 is 21.3 Å². The van der Waals surface area contributed by atoms with Crippen LogP contribution in [0.4, 0.5) is 5.69 Å². The number of nitrogens with two attached hydrogens (primary N) is 1. The highest BCUT2D eigenvalue weighted by Crippen LogP contribution is 2.21. The summed E-state index contributed by atoms with van der Waals surface area (Å²) in [5.74, 6) is 0.130. The van der Waals surface area contributed by atoms with Crippen molar-refractivity contribution in [3.8, 4) is 5.75 Å². The molecule has 4 heteroatoms. The van der Waals surface area contributed by atoms with E-state index in [1.54, 1.807) is 18.2 Å². The molecule has 84 valence electrons. The molecule has 0 atom stereocenters. The van der Waals surface area contributed by atoms with Gasteiger partial charge in [-0.3, -0.25) is 0 Å². The third-order valence-corrected chi connectivity index (χ3v) is 2.21. The van der Waals surface area contributed by atoms with Gasteiger partial charge >= 0.3 is 0 Å². The van der Waals surface area contributed by atoms with Crippen LogP contribution in [0.15, 0.2) is 18.2 Å². The van der Waals surface area contributed by atoms with Crippen molar-refractivity contribution < 1.29 is 10.2 Å². The molecule has 1 rings (SSSR count).